The fourth-order valence-corrected chi connectivity index (χ4v) is 2.14. The first-order valence-electron chi connectivity index (χ1n) is 5.46. The second kappa shape index (κ2) is 5.46. The van der Waals surface area contributed by atoms with E-state index in [2.05, 4.69) is 26.2 Å². The molecule has 5 nitrogen and oxygen atoms in total. The number of aromatic nitrogens is 1. The molecule has 0 bridgehead atoms. The predicted molar refractivity (Wildman–Crippen MR) is 67.7 cm³/mol. The van der Waals surface area contributed by atoms with Gasteiger partial charge in [-0.25, -0.2) is 4.98 Å². The Hall–Kier alpha value is -1.14. The largest absolute Gasteiger partial charge is 0.384 e. The van der Waals surface area contributed by atoms with Crippen LogP contribution in [0.15, 0.2) is 16.7 Å². The van der Waals surface area contributed by atoms with E-state index in [1.165, 1.54) is 6.20 Å². The van der Waals surface area contributed by atoms with Crippen LogP contribution in [0.5, 0.6) is 0 Å². The van der Waals surface area contributed by atoms with Gasteiger partial charge in [-0.2, -0.15) is 0 Å². The third-order valence-electron chi connectivity index (χ3n) is 2.62. The second-order valence-electron chi connectivity index (χ2n) is 3.98. The minimum absolute atomic E-state index is 0.0811. The van der Waals surface area contributed by atoms with E-state index in [9.17, 15) is 4.79 Å². The summed E-state index contributed by atoms with van der Waals surface area (Å²) in [6.07, 6.45) is 3.45. The van der Waals surface area contributed by atoms with Crippen molar-refractivity contribution in [1.82, 2.24) is 10.3 Å². The van der Waals surface area contributed by atoms with Crippen LogP contribution in [-0.2, 0) is 4.74 Å². The molecule has 1 atom stereocenters. The van der Waals surface area contributed by atoms with Gasteiger partial charge in [-0.3, -0.25) is 4.79 Å². The molecule has 0 aliphatic carbocycles. The summed E-state index contributed by atoms with van der Waals surface area (Å²) in [5, 5.41) is 2.93. The first-order chi connectivity index (χ1) is 8.16. The number of nitrogens with two attached hydrogens (primary N) is 1. The van der Waals surface area contributed by atoms with E-state index in [1.807, 2.05) is 0 Å². The van der Waals surface area contributed by atoms with Crippen LogP contribution in [0.3, 0.4) is 0 Å². The van der Waals surface area contributed by atoms with Crippen molar-refractivity contribution in [2.75, 3.05) is 18.9 Å². The molecule has 3 N–H and O–H groups in total. The predicted octanol–water partition coefficient (Wildman–Crippen LogP) is 1.34. The summed E-state index contributed by atoms with van der Waals surface area (Å²) in [5.74, 6) is 0.180. The maximum absolute atomic E-state index is 12.0. The molecule has 1 aliphatic rings. The average Bonchev–Trinajstić information content (AvgIpc) is 2.33. The Morgan fingerprint density at radius 3 is 3.18 bits per heavy atom. The molecule has 0 aromatic carbocycles. The summed E-state index contributed by atoms with van der Waals surface area (Å²) in [6.45, 7) is 1.35. The van der Waals surface area contributed by atoms with Gasteiger partial charge in [-0.05, 0) is 34.8 Å². The van der Waals surface area contributed by atoms with Gasteiger partial charge in [0.05, 0.1) is 18.2 Å². The number of carbonyl (C=O) groups excluding carboxylic acids is 1. The maximum atomic E-state index is 12.0. The van der Waals surface area contributed by atoms with E-state index >= 15 is 0 Å². The van der Waals surface area contributed by atoms with Crippen LogP contribution in [0.2, 0.25) is 0 Å². The number of rotatable bonds is 2. The maximum Gasteiger partial charge on any atom is 0.252 e. The van der Waals surface area contributed by atoms with E-state index in [1.54, 1.807) is 6.07 Å². The topological polar surface area (TPSA) is 77.2 Å². The third kappa shape index (κ3) is 3.17. The number of nitrogens with one attached hydrogen (secondary N) is 1. The van der Waals surface area contributed by atoms with Crippen LogP contribution in [0.4, 0.5) is 5.82 Å². The number of hydrogen-bond acceptors (Lipinski definition) is 4. The number of halogens is 1. The summed E-state index contributed by atoms with van der Waals surface area (Å²) in [6, 6.07) is 1.64. The molecule has 1 fully saturated rings. The zero-order valence-electron chi connectivity index (χ0n) is 9.28. The van der Waals surface area contributed by atoms with E-state index in [0.717, 1.165) is 19.4 Å². The lowest BCUT2D eigenvalue weighted by Crippen LogP contribution is -2.40. The van der Waals surface area contributed by atoms with Gasteiger partial charge in [-0.1, -0.05) is 0 Å². The normalized spacial score (nSPS) is 19.9. The highest BCUT2D eigenvalue weighted by molar-refractivity contribution is 9.10. The van der Waals surface area contributed by atoms with Crippen molar-refractivity contribution >= 4 is 27.7 Å². The summed E-state index contributed by atoms with van der Waals surface area (Å²) in [5.41, 5.74) is 6.06. The van der Waals surface area contributed by atoms with Crippen LogP contribution in [0.1, 0.15) is 23.2 Å². The average molecular weight is 300 g/mol. The van der Waals surface area contributed by atoms with Crippen molar-refractivity contribution < 1.29 is 9.53 Å². The Kier molecular flexibility index (Phi) is 3.96. The molecule has 17 heavy (non-hydrogen) atoms. The lowest BCUT2D eigenvalue weighted by atomic mass is 10.1. The van der Waals surface area contributed by atoms with Crippen LogP contribution in [-0.4, -0.2) is 30.1 Å². The second-order valence-corrected chi connectivity index (χ2v) is 4.83. The van der Waals surface area contributed by atoms with Gasteiger partial charge in [0.15, 0.2) is 0 Å². The molecule has 1 saturated heterocycles. The van der Waals surface area contributed by atoms with Gasteiger partial charge in [0.2, 0.25) is 0 Å². The van der Waals surface area contributed by atoms with E-state index in [-0.39, 0.29) is 11.9 Å². The van der Waals surface area contributed by atoms with Crippen LogP contribution < -0.4 is 11.1 Å². The quantitative estimate of drug-likeness (QED) is 0.864. The molecular formula is C11H14BrN3O2. The van der Waals surface area contributed by atoms with Gasteiger partial charge >= 0.3 is 0 Å². The molecule has 0 radical (unpaired) electrons. The minimum atomic E-state index is -0.151. The number of pyridine rings is 1. The highest BCUT2D eigenvalue weighted by Crippen LogP contribution is 2.18. The number of anilines is 1. The Bertz CT molecular complexity index is 419. The summed E-state index contributed by atoms with van der Waals surface area (Å²) >= 11 is 3.29. The van der Waals surface area contributed by atoms with Crippen molar-refractivity contribution in [3.05, 3.63) is 22.3 Å². The first kappa shape index (κ1) is 12.3. The minimum Gasteiger partial charge on any atom is -0.384 e. The van der Waals surface area contributed by atoms with Crippen molar-refractivity contribution in [2.45, 2.75) is 18.9 Å². The van der Waals surface area contributed by atoms with Crippen LogP contribution >= 0.6 is 15.9 Å². The Labute approximate surface area is 108 Å². The molecule has 92 valence electrons. The standard InChI is InChI=1S/C11H14BrN3O2/c12-9-5-14-10(13)4-8(9)11(16)15-7-2-1-3-17-6-7/h4-5,7H,1-3,6H2,(H2,13,14)(H,15,16). The van der Waals surface area contributed by atoms with E-state index < -0.39 is 0 Å². The zero-order chi connectivity index (χ0) is 12.3. The van der Waals surface area contributed by atoms with Gasteiger partial charge in [0.25, 0.3) is 5.91 Å². The summed E-state index contributed by atoms with van der Waals surface area (Å²) < 4.78 is 5.95. The van der Waals surface area contributed by atoms with Crippen LogP contribution in [0.25, 0.3) is 0 Å². The highest BCUT2D eigenvalue weighted by Gasteiger charge is 2.18. The van der Waals surface area contributed by atoms with Crippen molar-refractivity contribution in [3.8, 4) is 0 Å². The monoisotopic (exact) mass is 299 g/mol. The summed E-state index contributed by atoms with van der Waals surface area (Å²) in [7, 11) is 0. The van der Waals surface area contributed by atoms with Crippen molar-refractivity contribution in [2.24, 2.45) is 0 Å². The lowest BCUT2D eigenvalue weighted by molar-refractivity contribution is 0.0624. The molecule has 0 spiro atoms. The smallest absolute Gasteiger partial charge is 0.252 e. The molecule has 0 saturated carbocycles. The number of carbonyl (C=O) groups is 1. The van der Waals surface area contributed by atoms with Gasteiger partial charge in [-0.15, -0.1) is 0 Å². The van der Waals surface area contributed by atoms with Crippen LogP contribution in [0, 0.1) is 0 Å². The Balaban J connectivity index is 2.05. The van der Waals surface area contributed by atoms with Crippen molar-refractivity contribution in [3.63, 3.8) is 0 Å². The molecule has 2 rings (SSSR count). The van der Waals surface area contributed by atoms with E-state index in [0.29, 0.717) is 22.5 Å². The molecule has 1 aromatic heterocycles. The number of hydrogen-bond donors (Lipinski definition) is 2. The molecule has 2 heterocycles. The molecule has 1 aliphatic heterocycles. The molecule has 1 aromatic rings. The lowest BCUT2D eigenvalue weighted by Gasteiger charge is -2.23. The molecule has 6 heteroatoms. The molecule has 1 unspecified atom stereocenters. The third-order valence-corrected chi connectivity index (χ3v) is 3.25. The highest BCUT2D eigenvalue weighted by atomic mass is 79.9. The first-order valence-corrected chi connectivity index (χ1v) is 6.26. The van der Waals surface area contributed by atoms with Gasteiger partial charge in [0, 0.05) is 17.3 Å². The molecule has 1 amide bonds. The van der Waals surface area contributed by atoms with Gasteiger partial charge in [0.1, 0.15) is 5.82 Å². The number of nitrogen functional groups attached to an aromatic ring is 1. The number of nitrogens with zero attached hydrogens (tertiary/aromatic N) is 1. The summed E-state index contributed by atoms with van der Waals surface area (Å²) in [4.78, 5) is 15.9. The van der Waals surface area contributed by atoms with Gasteiger partial charge < -0.3 is 15.8 Å². The zero-order valence-corrected chi connectivity index (χ0v) is 10.9. The number of ether oxygens (including phenoxy) is 1. The molecular weight excluding hydrogens is 286 g/mol. The van der Waals surface area contributed by atoms with E-state index in [4.69, 9.17) is 10.5 Å². The Morgan fingerprint density at radius 1 is 1.65 bits per heavy atom. The SMILES string of the molecule is Nc1cc(C(=O)NC2CCCOC2)c(Br)cn1. The fourth-order valence-electron chi connectivity index (χ4n) is 1.75. The van der Waals surface area contributed by atoms with Crippen molar-refractivity contribution in [1.29, 1.82) is 0 Å². The Morgan fingerprint density at radius 2 is 2.47 bits per heavy atom. The fraction of sp³-hybridized carbons (Fsp3) is 0.455. The number of amides is 1.